The molecule has 0 radical (unpaired) electrons. The number of nitrogens with zero attached hydrogens (tertiary/aromatic N) is 3. The van der Waals surface area contributed by atoms with Crippen LogP contribution >= 0.6 is 0 Å². The van der Waals surface area contributed by atoms with Crippen LogP contribution in [-0.2, 0) is 17.9 Å². The van der Waals surface area contributed by atoms with Crippen LogP contribution in [-0.4, -0.2) is 25.2 Å². The molecule has 1 unspecified atom stereocenters. The van der Waals surface area contributed by atoms with Crippen molar-refractivity contribution in [1.82, 2.24) is 14.1 Å². The molecular formula is C27H32N4O4. The Labute approximate surface area is 203 Å². The van der Waals surface area contributed by atoms with Crippen LogP contribution < -0.4 is 17.0 Å². The van der Waals surface area contributed by atoms with Crippen molar-refractivity contribution in [2.24, 2.45) is 10.9 Å². The standard InChI is InChI=1S/C27H32N4O4/c1-18-11-13-20(14-12-18)17-30-25(29-26(34)31(27(30)35)16-19(2)24(32)33)28-23-10-6-9-22(15-23)21-7-4-3-5-8-21/h6,9-15,19,21H,3-5,7-8,16-17H2,1-2H3,(H,32,33)(H,28,29,34). The second kappa shape index (κ2) is 10.7. The summed E-state index contributed by atoms with van der Waals surface area (Å²) in [7, 11) is 0. The lowest BCUT2D eigenvalue weighted by Gasteiger charge is -2.22. The average molecular weight is 477 g/mol. The van der Waals surface area contributed by atoms with Gasteiger partial charge in [0.2, 0.25) is 5.62 Å². The third-order valence-electron chi connectivity index (χ3n) is 6.70. The number of aliphatic carboxylic acids is 1. The lowest BCUT2D eigenvalue weighted by atomic mass is 9.84. The molecule has 3 aromatic rings. The van der Waals surface area contributed by atoms with Gasteiger partial charge in [-0.3, -0.25) is 14.3 Å². The molecule has 1 aromatic heterocycles. The molecule has 1 heterocycles. The van der Waals surface area contributed by atoms with Crippen LogP contribution in [0, 0.1) is 12.8 Å². The van der Waals surface area contributed by atoms with Gasteiger partial charge in [0.15, 0.2) is 0 Å². The molecule has 8 nitrogen and oxygen atoms in total. The summed E-state index contributed by atoms with van der Waals surface area (Å²) in [4.78, 5) is 44.9. The van der Waals surface area contributed by atoms with Crippen LogP contribution in [0.15, 0.2) is 63.1 Å². The molecule has 0 spiro atoms. The third kappa shape index (κ3) is 5.88. The zero-order valence-electron chi connectivity index (χ0n) is 20.2. The minimum Gasteiger partial charge on any atom is -0.481 e. The first-order chi connectivity index (χ1) is 16.8. The summed E-state index contributed by atoms with van der Waals surface area (Å²) in [6.07, 6.45) is 6.04. The van der Waals surface area contributed by atoms with Gasteiger partial charge in [-0.2, -0.15) is 0 Å². The van der Waals surface area contributed by atoms with E-state index < -0.39 is 23.3 Å². The summed E-state index contributed by atoms with van der Waals surface area (Å²) in [6, 6.07) is 15.7. The number of carboxylic acid groups (broad SMARTS) is 1. The lowest BCUT2D eigenvalue weighted by Crippen LogP contribution is -2.51. The fourth-order valence-corrected chi connectivity index (χ4v) is 4.58. The van der Waals surface area contributed by atoms with E-state index in [2.05, 4.69) is 16.0 Å². The van der Waals surface area contributed by atoms with Crippen molar-refractivity contribution >= 4 is 11.7 Å². The normalized spacial score (nSPS) is 15.8. The van der Waals surface area contributed by atoms with Crippen molar-refractivity contribution < 1.29 is 9.90 Å². The fraction of sp³-hybridized carbons (Fsp3) is 0.407. The molecule has 0 amide bonds. The summed E-state index contributed by atoms with van der Waals surface area (Å²) >= 11 is 0. The number of H-pyrrole nitrogens is 1. The number of nitrogens with one attached hydrogen (secondary N) is 1. The van der Waals surface area contributed by atoms with E-state index >= 15 is 0 Å². The number of aromatic amines is 1. The zero-order valence-corrected chi connectivity index (χ0v) is 20.2. The first-order valence-electron chi connectivity index (χ1n) is 12.2. The Kier molecular flexibility index (Phi) is 7.48. The van der Waals surface area contributed by atoms with Gasteiger partial charge in [-0.1, -0.05) is 68.1 Å². The molecule has 184 valence electrons. The van der Waals surface area contributed by atoms with Gasteiger partial charge >= 0.3 is 17.3 Å². The van der Waals surface area contributed by atoms with Gasteiger partial charge < -0.3 is 5.11 Å². The molecule has 4 rings (SSSR count). The van der Waals surface area contributed by atoms with E-state index in [9.17, 15) is 19.5 Å². The Hall–Kier alpha value is -3.68. The van der Waals surface area contributed by atoms with Crippen LogP contribution in [0.2, 0.25) is 0 Å². The van der Waals surface area contributed by atoms with Crippen LogP contribution in [0.25, 0.3) is 0 Å². The van der Waals surface area contributed by atoms with E-state index in [0.717, 1.165) is 28.5 Å². The largest absolute Gasteiger partial charge is 0.481 e. The smallest absolute Gasteiger partial charge is 0.335 e. The van der Waals surface area contributed by atoms with E-state index in [-0.39, 0.29) is 18.7 Å². The topological polar surface area (TPSA) is 109 Å². The van der Waals surface area contributed by atoms with E-state index in [1.54, 1.807) is 0 Å². The fourth-order valence-electron chi connectivity index (χ4n) is 4.58. The Bertz CT molecular complexity index is 1380. The maximum atomic E-state index is 13.4. The number of hydrogen-bond donors (Lipinski definition) is 2. The molecular weight excluding hydrogens is 444 g/mol. The van der Waals surface area contributed by atoms with E-state index in [4.69, 9.17) is 0 Å². The number of hydrogen-bond acceptors (Lipinski definition) is 4. The van der Waals surface area contributed by atoms with Gasteiger partial charge in [-0.25, -0.2) is 19.1 Å². The van der Waals surface area contributed by atoms with Crippen molar-refractivity contribution in [1.29, 1.82) is 0 Å². The van der Waals surface area contributed by atoms with Crippen LogP contribution in [0.1, 0.15) is 61.6 Å². The Morgan fingerprint density at radius 3 is 2.49 bits per heavy atom. The molecule has 1 aliphatic rings. The quantitative estimate of drug-likeness (QED) is 0.542. The molecule has 2 N–H and O–H groups in total. The maximum Gasteiger partial charge on any atom is 0.335 e. The number of aromatic nitrogens is 3. The molecule has 0 aliphatic heterocycles. The molecule has 0 bridgehead atoms. The molecule has 1 aliphatic carbocycles. The average Bonchev–Trinajstić information content (AvgIpc) is 2.86. The maximum absolute atomic E-state index is 13.4. The zero-order chi connectivity index (χ0) is 24.9. The van der Waals surface area contributed by atoms with Crippen molar-refractivity contribution in [3.63, 3.8) is 0 Å². The lowest BCUT2D eigenvalue weighted by molar-refractivity contribution is -0.141. The molecule has 0 saturated heterocycles. The monoisotopic (exact) mass is 476 g/mol. The summed E-state index contributed by atoms with van der Waals surface area (Å²) < 4.78 is 2.33. The summed E-state index contributed by atoms with van der Waals surface area (Å²) in [5, 5.41) is 9.29. The Morgan fingerprint density at radius 2 is 1.80 bits per heavy atom. The number of carboxylic acids is 1. The van der Waals surface area contributed by atoms with Crippen molar-refractivity contribution in [3.05, 3.63) is 91.8 Å². The Balaban J connectivity index is 1.81. The second-order valence-electron chi connectivity index (χ2n) is 9.50. The highest BCUT2D eigenvalue weighted by molar-refractivity contribution is 5.69. The summed E-state index contributed by atoms with van der Waals surface area (Å²) in [5.74, 6) is -1.46. The number of carbonyl (C=O) groups is 1. The van der Waals surface area contributed by atoms with Crippen molar-refractivity contribution in [2.75, 3.05) is 0 Å². The highest BCUT2D eigenvalue weighted by atomic mass is 16.4. The number of rotatable bonds is 7. The third-order valence-corrected chi connectivity index (χ3v) is 6.70. The van der Waals surface area contributed by atoms with Gasteiger partial charge in [-0.15, -0.1) is 0 Å². The van der Waals surface area contributed by atoms with Crippen molar-refractivity contribution in [3.8, 4) is 0 Å². The number of benzene rings is 2. The predicted molar refractivity (Wildman–Crippen MR) is 134 cm³/mol. The molecule has 1 saturated carbocycles. The SMILES string of the molecule is Cc1ccc(Cn2c(=O)n(CC(C)C(=O)O)c(=O)[nH]/c2=N\c2cccc(C3CCCCC3)c2)cc1. The van der Waals surface area contributed by atoms with Crippen LogP contribution in [0.5, 0.6) is 0 Å². The van der Waals surface area contributed by atoms with Gasteiger partial charge in [-0.05, 0) is 48.9 Å². The highest BCUT2D eigenvalue weighted by Gasteiger charge is 2.18. The van der Waals surface area contributed by atoms with Gasteiger partial charge in [0.25, 0.3) is 0 Å². The predicted octanol–water partition coefficient (Wildman–Crippen LogP) is 3.70. The van der Waals surface area contributed by atoms with Gasteiger partial charge in [0, 0.05) is 6.54 Å². The minimum atomic E-state index is -1.07. The molecule has 1 atom stereocenters. The van der Waals surface area contributed by atoms with Crippen LogP contribution in [0.4, 0.5) is 5.69 Å². The van der Waals surface area contributed by atoms with E-state index in [1.165, 1.54) is 36.3 Å². The molecule has 35 heavy (non-hydrogen) atoms. The van der Waals surface area contributed by atoms with Gasteiger partial charge in [0.05, 0.1) is 18.2 Å². The van der Waals surface area contributed by atoms with Crippen molar-refractivity contribution in [2.45, 2.75) is 65.0 Å². The Morgan fingerprint density at radius 1 is 1.09 bits per heavy atom. The number of aryl methyl sites for hydroxylation is 1. The summed E-state index contributed by atoms with van der Waals surface area (Å²) in [6.45, 7) is 3.41. The van der Waals surface area contributed by atoms with E-state index in [0.29, 0.717) is 11.6 Å². The first kappa shape index (κ1) is 24.4. The summed E-state index contributed by atoms with van der Waals surface area (Å²) in [5.41, 5.74) is 2.72. The first-order valence-corrected chi connectivity index (χ1v) is 12.2. The minimum absolute atomic E-state index is 0.139. The molecule has 1 fully saturated rings. The molecule has 8 heteroatoms. The second-order valence-corrected chi connectivity index (χ2v) is 9.50. The van der Waals surface area contributed by atoms with Gasteiger partial charge in [0.1, 0.15) is 0 Å². The highest BCUT2D eigenvalue weighted by Crippen LogP contribution is 2.33. The molecule has 2 aromatic carbocycles. The van der Waals surface area contributed by atoms with Crippen LogP contribution in [0.3, 0.4) is 0 Å². The van der Waals surface area contributed by atoms with E-state index in [1.807, 2.05) is 49.4 Å².